The average molecular weight is 378 g/mol. The summed E-state index contributed by atoms with van der Waals surface area (Å²) in [5.41, 5.74) is 6.53. The summed E-state index contributed by atoms with van der Waals surface area (Å²) in [7, 11) is -3.50. The third-order valence-electron chi connectivity index (χ3n) is 5.12. The van der Waals surface area contributed by atoms with Crippen LogP contribution in [0.4, 0.5) is 0 Å². The highest BCUT2D eigenvalue weighted by atomic mass is 32.2. The summed E-state index contributed by atoms with van der Waals surface area (Å²) in [6.45, 7) is 3.98. The number of carbonyl (C=O) groups excluding carboxylic acids is 1. The van der Waals surface area contributed by atoms with Crippen LogP contribution in [0.1, 0.15) is 38.2 Å². The summed E-state index contributed by atoms with van der Waals surface area (Å²) in [4.78, 5) is 18.8. The first-order valence-electron chi connectivity index (χ1n) is 9.08. The van der Waals surface area contributed by atoms with Gasteiger partial charge in [-0.25, -0.2) is 8.42 Å². The Morgan fingerprint density at radius 3 is 2.73 bits per heavy atom. The van der Waals surface area contributed by atoms with E-state index in [0.29, 0.717) is 36.7 Å². The van der Waals surface area contributed by atoms with Crippen molar-refractivity contribution in [3.05, 3.63) is 29.8 Å². The monoisotopic (exact) mass is 378 g/mol. The molecule has 2 aliphatic heterocycles. The van der Waals surface area contributed by atoms with Crippen molar-refractivity contribution in [2.45, 2.75) is 43.5 Å². The fourth-order valence-electron chi connectivity index (χ4n) is 3.51. The first-order chi connectivity index (χ1) is 12.4. The SMILES string of the molecule is CC(N)C1CCN(C(=O)CCCN=C2NS(=O)(=O)c3ccccc32)CC1. The van der Waals surface area contributed by atoms with Crippen LogP contribution >= 0.6 is 0 Å². The lowest BCUT2D eigenvalue weighted by Crippen LogP contribution is -2.42. The first-order valence-corrected chi connectivity index (χ1v) is 10.6. The van der Waals surface area contributed by atoms with E-state index >= 15 is 0 Å². The fraction of sp³-hybridized carbons (Fsp3) is 0.556. The average Bonchev–Trinajstić information content (AvgIpc) is 2.89. The molecule has 0 bridgehead atoms. The van der Waals surface area contributed by atoms with Crippen molar-refractivity contribution in [1.82, 2.24) is 9.62 Å². The molecule has 1 atom stereocenters. The van der Waals surface area contributed by atoms with Crippen LogP contribution in [0.5, 0.6) is 0 Å². The topological polar surface area (TPSA) is 105 Å². The van der Waals surface area contributed by atoms with Crippen LogP contribution in [0.25, 0.3) is 0 Å². The number of rotatable bonds is 5. The number of nitrogens with one attached hydrogen (secondary N) is 1. The van der Waals surface area contributed by atoms with Gasteiger partial charge < -0.3 is 10.6 Å². The van der Waals surface area contributed by atoms with Gasteiger partial charge in [0.25, 0.3) is 10.0 Å². The molecule has 1 aromatic rings. The maximum Gasteiger partial charge on any atom is 0.263 e. The second-order valence-corrected chi connectivity index (χ2v) is 8.66. The van der Waals surface area contributed by atoms with Crippen molar-refractivity contribution in [2.75, 3.05) is 19.6 Å². The van der Waals surface area contributed by atoms with E-state index in [1.807, 2.05) is 11.8 Å². The molecule has 0 spiro atoms. The Balaban J connectivity index is 1.49. The van der Waals surface area contributed by atoms with Gasteiger partial charge in [-0.3, -0.25) is 14.5 Å². The number of likely N-dealkylation sites (tertiary alicyclic amines) is 1. The summed E-state index contributed by atoms with van der Waals surface area (Å²) in [5.74, 6) is 1.01. The van der Waals surface area contributed by atoms with Gasteiger partial charge in [0.15, 0.2) is 0 Å². The number of aliphatic imine (C=N–C) groups is 1. The van der Waals surface area contributed by atoms with Gasteiger partial charge in [-0.05, 0) is 44.2 Å². The minimum Gasteiger partial charge on any atom is -0.343 e. The van der Waals surface area contributed by atoms with Gasteiger partial charge in [0.1, 0.15) is 5.84 Å². The third kappa shape index (κ3) is 4.07. The Morgan fingerprint density at radius 2 is 2.04 bits per heavy atom. The molecule has 7 nitrogen and oxygen atoms in total. The zero-order valence-corrected chi connectivity index (χ0v) is 15.8. The van der Waals surface area contributed by atoms with E-state index in [2.05, 4.69) is 9.71 Å². The lowest BCUT2D eigenvalue weighted by Gasteiger charge is -2.33. The van der Waals surface area contributed by atoms with Crippen LogP contribution in [0.15, 0.2) is 34.2 Å². The van der Waals surface area contributed by atoms with E-state index in [4.69, 9.17) is 5.73 Å². The predicted molar refractivity (Wildman–Crippen MR) is 100 cm³/mol. The molecular formula is C18H26N4O3S. The number of hydrogen-bond acceptors (Lipinski definition) is 5. The lowest BCUT2D eigenvalue weighted by atomic mass is 9.91. The number of amidine groups is 1. The number of amides is 1. The molecule has 3 rings (SSSR count). The van der Waals surface area contributed by atoms with Gasteiger partial charge in [0.2, 0.25) is 5.91 Å². The zero-order valence-electron chi connectivity index (χ0n) is 15.0. The van der Waals surface area contributed by atoms with E-state index in [-0.39, 0.29) is 16.8 Å². The molecule has 26 heavy (non-hydrogen) atoms. The van der Waals surface area contributed by atoms with E-state index in [1.54, 1.807) is 24.3 Å². The Kier molecular flexibility index (Phi) is 5.62. The number of sulfonamides is 1. The molecule has 1 unspecified atom stereocenters. The molecule has 1 fully saturated rings. The summed E-state index contributed by atoms with van der Waals surface area (Å²) in [6, 6.07) is 6.95. The number of nitrogens with zero attached hydrogens (tertiary/aromatic N) is 2. The second kappa shape index (κ2) is 7.75. The van der Waals surface area contributed by atoms with E-state index < -0.39 is 10.0 Å². The van der Waals surface area contributed by atoms with Crippen molar-refractivity contribution in [2.24, 2.45) is 16.6 Å². The Hall–Kier alpha value is -1.93. The second-order valence-electron chi connectivity index (χ2n) is 7.01. The molecule has 0 radical (unpaired) electrons. The van der Waals surface area contributed by atoms with Crippen molar-refractivity contribution < 1.29 is 13.2 Å². The number of carbonyl (C=O) groups is 1. The van der Waals surface area contributed by atoms with Gasteiger partial charge in [-0.2, -0.15) is 0 Å². The van der Waals surface area contributed by atoms with Gasteiger partial charge in [0.05, 0.1) is 4.90 Å². The maximum absolute atomic E-state index is 12.3. The molecule has 3 N–H and O–H groups in total. The zero-order chi connectivity index (χ0) is 18.7. The van der Waals surface area contributed by atoms with Crippen LogP contribution in [0, 0.1) is 5.92 Å². The number of nitrogens with two attached hydrogens (primary N) is 1. The first kappa shape index (κ1) is 18.8. The van der Waals surface area contributed by atoms with Crippen molar-refractivity contribution in [3.8, 4) is 0 Å². The molecule has 1 saturated heterocycles. The standard InChI is InChI=1S/C18H26N4O3S/c1-13(19)14-8-11-22(12-9-14)17(23)7-4-10-20-18-15-5-2-3-6-16(15)26(24,25)21-18/h2-3,5-6,13-14H,4,7-12,19H2,1H3,(H,20,21). The fourth-order valence-corrected chi connectivity index (χ4v) is 4.76. The van der Waals surface area contributed by atoms with Crippen LogP contribution in [0.2, 0.25) is 0 Å². The number of fused-ring (bicyclic) bond motifs is 1. The van der Waals surface area contributed by atoms with Crippen LogP contribution in [0.3, 0.4) is 0 Å². The largest absolute Gasteiger partial charge is 0.343 e. The van der Waals surface area contributed by atoms with Crippen molar-refractivity contribution >= 4 is 21.8 Å². The van der Waals surface area contributed by atoms with E-state index in [9.17, 15) is 13.2 Å². The highest BCUT2D eigenvalue weighted by molar-refractivity contribution is 7.90. The quantitative estimate of drug-likeness (QED) is 0.748. The van der Waals surface area contributed by atoms with Crippen molar-refractivity contribution in [3.63, 3.8) is 0 Å². The van der Waals surface area contributed by atoms with Gasteiger partial charge in [-0.1, -0.05) is 12.1 Å². The molecule has 0 saturated carbocycles. The van der Waals surface area contributed by atoms with Gasteiger partial charge in [-0.15, -0.1) is 0 Å². The van der Waals surface area contributed by atoms with Crippen LogP contribution in [-0.2, 0) is 14.8 Å². The highest BCUT2D eigenvalue weighted by Crippen LogP contribution is 2.22. The smallest absolute Gasteiger partial charge is 0.263 e. The molecule has 1 amide bonds. The Labute approximate surface area is 154 Å². The molecule has 2 aliphatic rings. The van der Waals surface area contributed by atoms with Crippen LogP contribution < -0.4 is 10.5 Å². The lowest BCUT2D eigenvalue weighted by molar-refractivity contribution is -0.132. The predicted octanol–water partition coefficient (Wildman–Crippen LogP) is 1.09. The molecule has 142 valence electrons. The summed E-state index contributed by atoms with van der Waals surface area (Å²) >= 11 is 0. The minimum atomic E-state index is -3.50. The third-order valence-corrected chi connectivity index (χ3v) is 6.51. The van der Waals surface area contributed by atoms with Gasteiger partial charge in [0, 0.05) is 37.7 Å². The minimum absolute atomic E-state index is 0.140. The summed E-state index contributed by atoms with van der Waals surface area (Å²) in [5, 5.41) is 0. The molecular weight excluding hydrogens is 352 g/mol. The molecule has 1 aromatic carbocycles. The highest BCUT2D eigenvalue weighted by Gasteiger charge is 2.30. The Morgan fingerprint density at radius 1 is 1.35 bits per heavy atom. The Bertz CT molecular complexity index is 796. The number of hydrogen-bond donors (Lipinski definition) is 2. The summed E-state index contributed by atoms with van der Waals surface area (Å²) < 4.78 is 26.5. The van der Waals surface area contributed by atoms with E-state index in [0.717, 1.165) is 25.9 Å². The number of piperidine rings is 1. The number of benzene rings is 1. The van der Waals surface area contributed by atoms with Crippen molar-refractivity contribution in [1.29, 1.82) is 0 Å². The molecule has 2 heterocycles. The summed E-state index contributed by atoms with van der Waals surface area (Å²) in [6.07, 6.45) is 2.95. The molecule has 0 aliphatic carbocycles. The van der Waals surface area contributed by atoms with Gasteiger partial charge >= 0.3 is 0 Å². The molecule has 0 aromatic heterocycles. The maximum atomic E-state index is 12.3. The van der Waals surface area contributed by atoms with Crippen LogP contribution in [-0.4, -0.2) is 50.7 Å². The normalized spacial score (nSPS) is 22.1. The van der Waals surface area contributed by atoms with E-state index in [1.165, 1.54) is 0 Å². The molecule has 8 heteroatoms.